The van der Waals surface area contributed by atoms with Gasteiger partial charge in [0.25, 0.3) is 5.91 Å². The van der Waals surface area contributed by atoms with E-state index in [4.69, 9.17) is 5.11 Å². The third-order valence-electron chi connectivity index (χ3n) is 2.63. The Morgan fingerprint density at radius 2 is 1.95 bits per heavy atom. The van der Waals surface area contributed by atoms with Crippen molar-refractivity contribution in [2.24, 2.45) is 0 Å². The first kappa shape index (κ1) is 14.6. The number of carbonyl (C=O) groups excluding carboxylic acids is 1. The smallest absolute Gasteiger partial charge is 0.272 e. The highest BCUT2D eigenvalue weighted by molar-refractivity contribution is 6.02. The molecule has 0 aliphatic heterocycles. The Hall–Kier alpha value is -2.84. The van der Waals surface area contributed by atoms with Crippen LogP contribution in [0, 0.1) is 11.8 Å². The third kappa shape index (κ3) is 4.34. The Bertz CT molecular complexity index is 736. The molecule has 0 unspecified atom stereocenters. The van der Waals surface area contributed by atoms with Crippen LogP contribution < -0.4 is 10.9 Å². The lowest BCUT2D eigenvalue weighted by molar-refractivity contribution is 0.102. The minimum Gasteiger partial charge on any atom is -0.395 e. The van der Waals surface area contributed by atoms with Gasteiger partial charge in [-0.15, -0.1) is 0 Å². The number of nitrogens with one attached hydrogen (secondary N) is 2. The monoisotopic (exact) mass is 282 g/mol. The van der Waals surface area contributed by atoms with Crippen molar-refractivity contribution in [3.8, 4) is 11.8 Å². The summed E-state index contributed by atoms with van der Waals surface area (Å²) in [4.78, 5) is 25.5. The summed E-state index contributed by atoms with van der Waals surface area (Å²) in [6.07, 6.45) is 0.430. The fourth-order valence-electron chi connectivity index (χ4n) is 1.64. The number of aliphatic hydroxyl groups excluding tert-OH is 1. The molecule has 0 bridgehead atoms. The van der Waals surface area contributed by atoms with Gasteiger partial charge in [-0.05, 0) is 30.3 Å². The first-order valence-electron chi connectivity index (χ1n) is 6.39. The van der Waals surface area contributed by atoms with Gasteiger partial charge in [0.05, 0.1) is 6.61 Å². The molecule has 1 aromatic carbocycles. The van der Waals surface area contributed by atoms with E-state index in [1.807, 2.05) is 0 Å². The average molecular weight is 282 g/mol. The first-order valence-corrected chi connectivity index (χ1v) is 6.39. The molecule has 5 nitrogen and oxygen atoms in total. The number of amides is 1. The second-order valence-electron chi connectivity index (χ2n) is 4.24. The number of hydrogen-bond acceptors (Lipinski definition) is 3. The highest BCUT2D eigenvalue weighted by atomic mass is 16.2. The zero-order valence-corrected chi connectivity index (χ0v) is 11.2. The highest BCUT2D eigenvalue weighted by Crippen LogP contribution is 2.10. The molecule has 21 heavy (non-hydrogen) atoms. The van der Waals surface area contributed by atoms with Crippen molar-refractivity contribution in [2.45, 2.75) is 6.42 Å². The molecule has 0 saturated carbocycles. The first-order chi connectivity index (χ1) is 10.2. The lowest BCUT2D eigenvalue weighted by Crippen LogP contribution is -2.17. The number of rotatable bonds is 3. The van der Waals surface area contributed by atoms with E-state index in [0.717, 1.165) is 5.56 Å². The number of anilines is 1. The Balaban J connectivity index is 2.05. The number of aromatic nitrogens is 1. The van der Waals surface area contributed by atoms with Crippen LogP contribution in [0.4, 0.5) is 5.69 Å². The normalized spacial score (nSPS) is 9.57. The molecule has 0 aliphatic carbocycles. The Kier molecular flexibility index (Phi) is 4.91. The second kappa shape index (κ2) is 7.08. The standard InChI is InChI=1S/C16H14N2O3/c19-11-2-1-4-12-7-9-13(10-8-12)17-16(21)14-5-3-6-15(20)18-14/h3,5-10,19H,2,11H2,(H,17,21)(H,18,20). The summed E-state index contributed by atoms with van der Waals surface area (Å²) in [6.45, 7) is 0.0381. The van der Waals surface area contributed by atoms with Gasteiger partial charge in [0.15, 0.2) is 0 Å². The molecule has 3 N–H and O–H groups in total. The van der Waals surface area contributed by atoms with E-state index >= 15 is 0 Å². The number of hydrogen-bond donors (Lipinski definition) is 3. The number of carbonyl (C=O) groups is 1. The number of H-pyrrole nitrogens is 1. The summed E-state index contributed by atoms with van der Waals surface area (Å²) in [5.74, 6) is 5.33. The predicted octanol–water partition coefficient (Wildman–Crippen LogP) is 1.36. The van der Waals surface area contributed by atoms with Crippen molar-refractivity contribution < 1.29 is 9.90 Å². The van der Waals surface area contributed by atoms with Gasteiger partial charge in [-0.25, -0.2) is 0 Å². The fourth-order valence-corrected chi connectivity index (χ4v) is 1.64. The number of benzene rings is 1. The van der Waals surface area contributed by atoms with E-state index < -0.39 is 0 Å². The zero-order valence-electron chi connectivity index (χ0n) is 11.2. The zero-order chi connectivity index (χ0) is 15.1. The molecule has 1 heterocycles. The van der Waals surface area contributed by atoms with Gasteiger partial charge in [-0.3, -0.25) is 9.59 Å². The molecule has 1 aromatic heterocycles. The van der Waals surface area contributed by atoms with Crippen LogP contribution in [0.15, 0.2) is 47.3 Å². The van der Waals surface area contributed by atoms with Crippen LogP contribution in [0.3, 0.4) is 0 Å². The highest BCUT2D eigenvalue weighted by Gasteiger charge is 2.06. The van der Waals surface area contributed by atoms with Gasteiger partial charge in [-0.1, -0.05) is 17.9 Å². The summed E-state index contributed by atoms with van der Waals surface area (Å²) in [6, 6.07) is 11.4. The predicted molar refractivity (Wildman–Crippen MR) is 80.0 cm³/mol. The van der Waals surface area contributed by atoms with E-state index in [2.05, 4.69) is 22.1 Å². The van der Waals surface area contributed by atoms with E-state index in [0.29, 0.717) is 12.1 Å². The van der Waals surface area contributed by atoms with Crippen molar-refractivity contribution in [1.82, 2.24) is 4.98 Å². The second-order valence-corrected chi connectivity index (χ2v) is 4.24. The molecule has 0 aliphatic rings. The molecule has 1 amide bonds. The van der Waals surface area contributed by atoms with Gasteiger partial charge >= 0.3 is 0 Å². The maximum absolute atomic E-state index is 11.9. The van der Waals surface area contributed by atoms with Gasteiger partial charge in [0.1, 0.15) is 5.69 Å². The molecule has 0 saturated heterocycles. The Labute approximate surface area is 121 Å². The number of pyridine rings is 1. The molecule has 0 radical (unpaired) electrons. The van der Waals surface area contributed by atoms with Crippen LogP contribution in [0.5, 0.6) is 0 Å². The SMILES string of the molecule is O=C(Nc1ccc(C#CCCO)cc1)c1cccc(=O)[nH]1. The van der Waals surface area contributed by atoms with Crippen molar-refractivity contribution in [2.75, 3.05) is 11.9 Å². The maximum atomic E-state index is 11.9. The molecule has 2 aromatic rings. The van der Waals surface area contributed by atoms with Gasteiger partial charge < -0.3 is 15.4 Å². The minimum atomic E-state index is -0.383. The van der Waals surface area contributed by atoms with Crippen LogP contribution in [-0.4, -0.2) is 22.6 Å². The molecule has 0 fully saturated rings. The lowest BCUT2D eigenvalue weighted by Gasteiger charge is -2.04. The third-order valence-corrected chi connectivity index (χ3v) is 2.63. The minimum absolute atomic E-state index is 0.0381. The summed E-state index contributed by atoms with van der Waals surface area (Å²) in [5, 5.41) is 11.3. The molecular weight excluding hydrogens is 268 g/mol. The Morgan fingerprint density at radius 3 is 2.62 bits per heavy atom. The van der Waals surface area contributed by atoms with Crippen LogP contribution in [0.1, 0.15) is 22.5 Å². The average Bonchev–Trinajstić information content (AvgIpc) is 2.49. The largest absolute Gasteiger partial charge is 0.395 e. The van der Waals surface area contributed by atoms with E-state index in [1.54, 1.807) is 24.3 Å². The van der Waals surface area contributed by atoms with Crippen LogP contribution in [0.2, 0.25) is 0 Å². The topological polar surface area (TPSA) is 82.2 Å². The van der Waals surface area contributed by atoms with Crippen molar-refractivity contribution >= 4 is 11.6 Å². The summed E-state index contributed by atoms with van der Waals surface area (Å²) in [5.41, 5.74) is 1.29. The van der Waals surface area contributed by atoms with Crippen LogP contribution in [0.25, 0.3) is 0 Å². The molecule has 0 atom stereocenters. The number of aromatic amines is 1. The fraction of sp³-hybridized carbons (Fsp3) is 0.125. The quantitative estimate of drug-likeness (QED) is 0.743. The summed E-state index contributed by atoms with van der Waals surface area (Å²) >= 11 is 0. The van der Waals surface area contributed by atoms with Crippen molar-refractivity contribution in [1.29, 1.82) is 0 Å². The molecule has 2 rings (SSSR count). The maximum Gasteiger partial charge on any atom is 0.272 e. The van der Waals surface area contributed by atoms with Gasteiger partial charge in [-0.2, -0.15) is 0 Å². The van der Waals surface area contributed by atoms with E-state index in [9.17, 15) is 9.59 Å². The van der Waals surface area contributed by atoms with Crippen LogP contribution >= 0.6 is 0 Å². The Morgan fingerprint density at radius 1 is 1.19 bits per heavy atom. The van der Waals surface area contributed by atoms with Gasteiger partial charge in [0, 0.05) is 23.7 Å². The molecule has 5 heteroatoms. The molecular formula is C16H14N2O3. The molecule has 0 spiro atoms. The summed E-state index contributed by atoms with van der Waals surface area (Å²) in [7, 11) is 0. The van der Waals surface area contributed by atoms with Gasteiger partial charge in [0.2, 0.25) is 5.56 Å². The van der Waals surface area contributed by atoms with Crippen molar-refractivity contribution in [3.05, 3.63) is 64.1 Å². The lowest BCUT2D eigenvalue weighted by atomic mass is 10.2. The summed E-state index contributed by atoms with van der Waals surface area (Å²) < 4.78 is 0. The molecule has 106 valence electrons. The van der Waals surface area contributed by atoms with Crippen LogP contribution in [-0.2, 0) is 0 Å². The van der Waals surface area contributed by atoms with E-state index in [-0.39, 0.29) is 23.8 Å². The van der Waals surface area contributed by atoms with E-state index in [1.165, 1.54) is 18.2 Å². The number of aliphatic hydroxyl groups is 1. The van der Waals surface area contributed by atoms with Crippen molar-refractivity contribution in [3.63, 3.8) is 0 Å².